The molecule has 4 aliphatic heterocycles. The van der Waals surface area contributed by atoms with Gasteiger partial charge in [0.05, 0.1) is 24.5 Å². The number of nitrogens with zero attached hydrogens (tertiary/aromatic N) is 1. The number of fused-ring (bicyclic) bond motifs is 1. The molecule has 5 rings (SSSR count). The summed E-state index contributed by atoms with van der Waals surface area (Å²) in [6.07, 6.45) is 5.28. The van der Waals surface area contributed by atoms with E-state index in [2.05, 4.69) is 38.3 Å². The molecule has 7 heteroatoms. The molecule has 0 unspecified atom stereocenters. The minimum atomic E-state index is -0.726. The number of anilines is 1. The molecule has 166 valence electrons. The van der Waals surface area contributed by atoms with Crippen LogP contribution in [0.2, 0.25) is 5.02 Å². The minimum Gasteiger partial charge on any atom is -0.360 e. The van der Waals surface area contributed by atoms with Crippen LogP contribution in [-0.4, -0.2) is 47.2 Å². The maximum Gasteiger partial charge on any atom is 0.234 e. The van der Waals surface area contributed by atoms with Gasteiger partial charge in [-0.25, -0.2) is 0 Å². The number of benzene rings is 1. The SMILES string of the molecule is CC1(C)CC(NC(=O)[C@H]2[C@H]3C=C[C@@]4(CN(c5ccc(Cl)cc5)C(=O)[C@@H]24)O3)CC(C)(C)N1. The molecular weight excluding hydrogens is 414 g/mol. The van der Waals surface area contributed by atoms with E-state index in [0.717, 1.165) is 18.5 Å². The number of piperidine rings is 1. The Morgan fingerprint density at radius 1 is 1.16 bits per heavy atom. The fraction of sp³-hybridized carbons (Fsp3) is 0.583. The van der Waals surface area contributed by atoms with E-state index in [-0.39, 0.29) is 35.0 Å². The fourth-order valence-electron chi connectivity index (χ4n) is 6.36. The van der Waals surface area contributed by atoms with E-state index in [0.29, 0.717) is 11.6 Å². The minimum absolute atomic E-state index is 0.0553. The lowest BCUT2D eigenvalue weighted by molar-refractivity contribution is -0.132. The van der Waals surface area contributed by atoms with Crippen LogP contribution in [0.1, 0.15) is 40.5 Å². The first-order chi connectivity index (χ1) is 14.5. The van der Waals surface area contributed by atoms with Gasteiger partial charge in [-0.15, -0.1) is 0 Å². The molecule has 4 heterocycles. The lowest BCUT2D eigenvalue weighted by Crippen LogP contribution is -2.62. The summed E-state index contributed by atoms with van der Waals surface area (Å²) in [6.45, 7) is 9.07. The Morgan fingerprint density at radius 3 is 2.45 bits per heavy atom. The summed E-state index contributed by atoms with van der Waals surface area (Å²) in [7, 11) is 0. The van der Waals surface area contributed by atoms with Crippen molar-refractivity contribution in [2.45, 2.75) is 69.4 Å². The zero-order chi connectivity index (χ0) is 22.2. The number of carbonyl (C=O) groups excluding carboxylic acids is 2. The normalized spacial score (nSPS) is 35.5. The molecule has 1 aromatic carbocycles. The Balaban J connectivity index is 1.37. The molecule has 2 N–H and O–H groups in total. The van der Waals surface area contributed by atoms with Gasteiger partial charge in [-0.3, -0.25) is 9.59 Å². The number of nitrogens with one attached hydrogen (secondary N) is 2. The number of rotatable bonds is 3. The van der Waals surface area contributed by atoms with Crippen LogP contribution in [-0.2, 0) is 14.3 Å². The quantitative estimate of drug-likeness (QED) is 0.704. The van der Waals surface area contributed by atoms with Crippen molar-refractivity contribution in [3.05, 3.63) is 41.4 Å². The molecule has 4 aliphatic rings. The fourth-order valence-corrected chi connectivity index (χ4v) is 6.48. The van der Waals surface area contributed by atoms with Gasteiger partial charge in [-0.05, 0) is 64.8 Å². The van der Waals surface area contributed by atoms with Crippen molar-refractivity contribution in [2.24, 2.45) is 11.8 Å². The predicted molar refractivity (Wildman–Crippen MR) is 120 cm³/mol. The van der Waals surface area contributed by atoms with Crippen LogP contribution >= 0.6 is 11.6 Å². The van der Waals surface area contributed by atoms with Gasteiger partial charge in [0.25, 0.3) is 0 Å². The molecule has 6 nitrogen and oxygen atoms in total. The van der Waals surface area contributed by atoms with Gasteiger partial charge in [0.1, 0.15) is 5.60 Å². The topological polar surface area (TPSA) is 70.7 Å². The van der Waals surface area contributed by atoms with Crippen LogP contribution in [0.25, 0.3) is 0 Å². The van der Waals surface area contributed by atoms with Crippen LogP contribution in [0.3, 0.4) is 0 Å². The molecule has 4 atom stereocenters. The van der Waals surface area contributed by atoms with E-state index in [4.69, 9.17) is 16.3 Å². The molecule has 3 fully saturated rings. The first-order valence-electron chi connectivity index (χ1n) is 11.0. The zero-order valence-corrected chi connectivity index (χ0v) is 19.2. The molecule has 3 saturated heterocycles. The summed E-state index contributed by atoms with van der Waals surface area (Å²) in [5, 5.41) is 7.53. The van der Waals surface area contributed by atoms with Crippen LogP contribution in [0.5, 0.6) is 0 Å². The molecule has 0 saturated carbocycles. The Hall–Kier alpha value is -1.89. The second kappa shape index (κ2) is 6.80. The maximum atomic E-state index is 13.5. The monoisotopic (exact) mass is 443 g/mol. The van der Waals surface area contributed by atoms with Crippen molar-refractivity contribution in [1.29, 1.82) is 0 Å². The molecule has 31 heavy (non-hydrogen) atoms. The lowest BCUT2D eigenvalue weighted by atomic mass is 9.75. The van der Waals surface area contributed by atoms with Gasteiger partial charge >= 0.3 is 0 Å². The van der Waals surface area contributed by atoms with E-state index in [1.165, 1.54) is 0 Å². The Labute approximate surface area is 188 Å². The first-order valence-corrected chi connectivity index (χ1v) is 11.4. The molecule has 0 radical (unpaired) electrons. The summed E-state index contributed by atoms with van der Waals surface area (Å²) in [6, 6.07) is 7.27. The highest BCUT2D eigenvalue weighted by Crippen LogP contribution is 2.52. The van der Waals surface area contributed by atoms with E-state index < -0.39 is 17.4 Å². The maximum absolute atomic E-state index is 13.5. The predicted octanol–water partition coefficient (Wildman–Crippen LogP) is 3.05. The van der Waals surface area contributed by atoms with Crippen molar-refractivity contribution in [3.8, 4) is 0 Å². The van der Waals surface area contributed by atoms with E-state index in [1.54, 1.807) is 17.0 Å². The average molecular weight is 444 g/mol. The molecule has 2 amide bonds. The third kappa shape index (κ3) is 3.49. The highest BCUT2D eigenvalue weighted by atomic mass is 35.5. The molecule has 2 bridgehead atoms. The summed E-state index contributed by atoms with van der Waals surface area (Å²) in [5.74, 6) is -1.14. The highest BCUT2D eigenvalue weighted by Gasteiger charge is 2.67. The second-order valence-corrected chi connectivity index (χ2v) is 11.2. The second-order valence-electron chi connectivity index (χ2n) is 10.8. The smallest absolute Gasteiger partial charge is 0.234 e. The van der Waals surface area contributed by atoms with Crippen molar-refractivity contribution in [1.82, 2.24) is 10.6 Å². The van der Waals surface area contributed by atoms with Crippen LogP contribution in [0.4, 0.5) is 5.69 Å². The van der Waals surface area contributed by atoms with Crippen LogP contribution in [0, 0.1) is 11.8 Å². The van der Waals surface area contributed by atoms with Crippen LogP contribution in [0.15, 0.2) is 36.4 Å². The van der Waals surface area contributed by atoms with Gasteiger partial charge in [0.2, 0.25) is 11.8 Å². The molecule has 1 spiro atoms. The molecule has 0 aromatic heterocycles. The number of carbonyl (C=O) groups is 2. The Bertz CT molecular complexity index is 941. The lowest BCUT2D eigenvalue weighted by Gasteiger charge is -2.47. The van der Waals surface area contributed by atoms with Crippen LogP contribution < -0.4 is 15.5 Å². The summed E-state index contributed by atoms with van der Waals surface area (Å²) >= 11 is 6.01. The van der Waals surface area contributed by atoms with Crippen molar-refractivity contribution in [2.75, 3.05) is 11.4 Å². The van der Waals surface area contributed by atoms with Gasteiger partial charge in [0.15, 0.2) is 0 Å². The number of hydrogen-bond acceptors (Lipinski definition) is 4. The largest absolute Gasteiger partial charge is 0.360 e. The summed E-state index contributed by atoms with van der Waals surface area (Å²) in [4.78, 5) is 28.6. The van der Waals surface area contributed by atoms with Gasteiger partial charge < -0.3 is 20.3 Å². The Kier molecular flexibility index (Phi) is 4.60. The van der Waals surface area contributed by atoms with E-state index in [9.17, 15) is 9.59 Å². The van der Waals surface area contributed by atoms with Gasteiger partial charge in [-0.1, -0.05) is 23.8 Å². The van der Waals surface area contributed by atoms with E-state index in [1.807, 2.05) is 24.3 Å². The third-order valence-electron chi connectivity index (χ3n) is 7.08. The number of amides is 2. The van der Waals surface area contributed by atoms with Gasteiger partial charge in [-0.2, -0.15) is 0 Å². The number of ether oxygens (including phenoxy) is 1. The first kappa shape index (κ1) is 21.0. The van der Waals surface area contributed by atoms with Crippen molar-refractivity contribution < 1.29 is 14.3 Å². The molecular formula is C24H30ClN3O3. The molecule has 0 aliphatic carbocycles. The van der Waals surface area contributed by atoms with Crippen molar-refractivity contribution in [3.63, 3.8) is 0 Å². The van der Waals surface area contributed by atoms with Gasteiger partial charge in [0, 0.05) is 27.8 Å². The average Bonchev–Trinajstić information content (AvgIpc) is 3.28. The summed E-state index contributed by atoms with van der Waals surface area (Å²) < 4.78 is 6.26. The highest BCUT2D eigenvalue weighted by molar-refractivity contribution is 6.30. The Morgan fingerprint density at radius 2 is 1.81 bits per heavy atom. The standard InChI is InChI=1S/C24H30ClN3O3/c1-22(2)11-15(12-23(3,4)27-22)26-20(29)18-17-9-10-24(31-17)13-28(21(30)19(18)24)16-7-5-14(25)6-8-16/h5-10,15,17-19,27H,11-13H2,1-4H3,(H,26,29)/t17-,18+,19-,24+/m1/s1. The number of hydrogen-bond donors (Lipinski definition) is 2. The zero-order valence-electron chi connectivity index (χ0n) is 18.4. The number of halogens is 1. The van der Waals surface area contributed by atoms with Crippen molar-refractivity contribution >= 4 is 29.1 Å². The molecule has 1 aromatic rings. The third-order valence-corrected chi connectivity index (χ3v) is 7.33. The van der Waals surface area contributed by atoms with E-state index >= 15 is 0 Å². The summed E-state index contributed by atoms with van der Waals surface area (Å²) in [5.41, 5.74) is -0.0865.